The van der Waals surface area contributed by atoms with Crippen LogP contribution < -0.4 is 11.1 Å². The van der Waals surface area contributed by atoms with Crippen LogP contribution in [0.2, 0.25) is 0 Å². The maximum Gasteiger partial charge on any atom is 0.251 e. The van der Waals surface area contributed by atoms with Crippen LogP contribution in [0.3, 0.4) is 0 Å². The molecule has 4 heteroatoms. The summed E-state index contributed by atoms with van der Waals surface area (Å²) in [6.07, 6.45) is 3.57. The number of fused-ring (bicyclic) bond motifs is 2. The molecular formula is C17H23FN2O. The van der Waals surface area contributed by atoms with Crippen LogP contribution in [0.4, 0.5) is 10.1 Å². The molecule has 2 bridgehead atoms. The van der Waals surface area contributed by atoms with E-state index >= 15 is 0 Å². The minimum Gasteiger partial charge on any atom is -0.396 e. The van der Waals surface area contributed by atoms with Crippen LogP contribution in [0, 0.1) is 22.6 Å². The van der Waals surface area contributed by atoms with Gasteiger partial charge in [-0.1, -0.05) is 20.8 Å². The molecule has 3 N–H and O–H groups in total. The molecule has 3 atom stereocenters. The monoisotopic (exact) mass is 290 g/mol. The molecule has 0 radical (unpaired) electrons. The van der Waals surface area contributed by atoms with Gasteiger partial charge in [0, 0.05) is 11.6 Å². The first-order valence-corrected chi connectivity index (χ1v) is 7.60. The lowest BCUT2D eigenvalue weighted by Crippen LogP contribution is -2.52. The number of nitrogens with one attached hydrogen (secondary N) is 1. The predicted molar refractivity (Wildman–Crippen MR) is 81.3 cm³/mol. The highest BCUT2D eigenvalue weighted by atomic mass is 19.1. The molecule has 21 heavy (non-hydrogen) atoms. The van der Waals surface area contributed by atoms with Crippen molar-refractivity contribution in [2.24, 2.45) is 16.7 Å². The van der Waals surface area contributed by atoms with E-state index in [0.29, 0.717) is 11.5 Å². The molecule has 0 heterocycles. The molecule has 2 aliphatic rings. The van der Waals surface area contributed by atoms with Crippen LogP contribution in [0.1, 0.15) is 50.4 Å². The maximum absolute atomic E-state index is 13.5. The van der Waals surface area contributed by atoms with Crippen LogP contribution in [-0.2, 0) is 0 Å². The second-order valence-corrected chi connectivity index (χ2v) is 7.56. The molecule has 2 saturated carbocycles. The van der Waals surface area contributed by atoms with Crippen molar-refractivity contribution < 1.29 is 9.18 Å². The first-order valence-electron chi connectivity index (χ1n) is 7.60. The first-order chi connectivity index (χ1) is 9.74. The molecule has 114 valence electrons. The van der Waals surface area contributed by atoms with E-state index in [1.165, 1.54) is 25.0 Å². The van der Waals surface area contributed by atoms with Gasteiger partial charge in [0.25, 0.3) is 5.91 Å². The van der Waals surface area contributed by atoms with Crippen molar-refractivity contribution in [2.45, 2.75) is 46.1 Å². The van der Waals surface area contributed by atoms with Crippen LogP contribution in [0.25, 0.3) is 0 Å². The van der Waals surface area contributed by atoms with E-state index in [4.69, 9.17) is 5.73 Å². The number of benzene rings is 1. The van der Waals surface area contributed by atoms with Gasteiger partial charge in [0.15, 0.2) is 0 Å². The molecule has 3 rings (SSSR count). The summed E-state index contributed by atoms with van der Waals surface area (Å²) in [5.41, 5.74) is 6.12. The summed E-state index contributed by atoms with van der Waals surface area (Å²) in [6, 6.07) is 4.37. The maximum atomic E-state index is 13.5. The van der Waals surface area contributed by atoms with E-state index in [1.54, 1.807) is 6.07 Å². The van der Waals surface area contributed by atoms with Crippen molar-refractivity contribution in [1.29, 1.82) is 0 Å². The van der Waals surface area contributed by atoms with E-state index in [-0.39, 0.29) is 28.5 Å². The average Bonchev–Trinajstić information content (AvgIpc) is 2.89. The second-order valence-electron chi connectivity index (χ2n) is 7.56. The van der Waals surface area contributed by atoms with Gasteiger partial charge >= 0.3 is 0 Å². The standard InChI is InChI=1S/C17H23FN2O/c1-16(2)11-6-7-17(3,9-11)15(16)20-14(21)10-4-5-13(19)12(18)8-10/h4-5,8,11,15H,6-7,9,19H2,1-3H3,(H,20,21). The number of carbonyl (C=O) groups is 1. The number of nitrogen functional groups attached to an aromatic ring is 1. The summed E-state index contributed by atoms with van der Waals surface area (Å²) >= 11 is 0. The Kier molecular flexibility index (Phi) is 3.05. The van der Waals surface area contributed by atoms with Crippen molar-refractivity contribution in [3.05, 3.63) is 29.6 Å². The van der Waals surface area contributed by atoms with E-state index in [9.17, 15) is 9.18 Å². The topological polar surface area (TPSA) is 55.1 Å². The highest BCUT2D eigenvalue weighted by Crippen LogP contribution is 2.62. The number of halogens is 1. The van der Waals surface area contributed by atoms with Gasteiger partial charge in [0.05, 0.1) is 5.69 Å². The lowest BCUT2D eigenvalue weighted by Gasteiger charge is -2.43. The number of hydrogen-bond acceptors (Lipinski definition) is 2. The first kappa shape index (κ1) is 14.4. The summed E-state index contributed by atoms with van der Waals surface area (Å²) in [4.78, 5) is 12.5. The van der Waals surface area contributed by atoms with Crippen molar-refractivity contribution in [3.8, 4) is 0 Å². The highest BCUT2D eigenvalue weighted by molar-refractivity contribution is 5.94. The Bertz CT molecular complexity index is 594. The molecule has 0 aromatic heterocycles. The fourth-order valence-electron chi connectivity index (χ4n) is 4.55. The third-order valence-corrected chi connectivity index (χ3v) is 5.81. The highest BCUT2D eigenvalue weighted by Gasteiger charge is 2.59. The lowest BCUT2D eigenvalue weighted by atomic mass is 9.68. The van der Waals surface area contributed by atoms with E-state index in [2.05, 4.69) is 26.1 Å². The Morgan fingerprint density at radius 3 is 2.67 bits per heavy atom. The van der Waals surface area contributed by atoms with E-state index in [0.717, 1.165) is 6.42 Å². The molecular weight excluding hydrogens is 267 g/mol. The Morgan fingerprint density at radius 1 is 1.38 bits per heavy atom. The Balaban J connectivity index is 1.83. The molecule has 1 aromatic carbocycles. The summed E-state index contributed by atoms with van der Waals surface area (Å²) in [5.74, 6) is -0.0854. The molecule has 0 saturated heterocycles. The van der Waals surface area contributed by atoms with Gasteiger partial charge in [-0.3, -0.25) is 4.79 Å². The van der Waals surface area contributed by atoms with Crippen LogP contribution in [0.15, 0.2) is 18.2 Å². The molecule has 1 aromatic rings. The quantitative estimate of drug-likeness (QED) is 0.821. The number of amides is 1. The fourth-order valence-corrected chi connectivity index (χ4v) is 4.55. The van der Waals surface area contributed by atoms with Gasteiger partial charge in [0.1, 0.15) is 5.82 Å². The van der Waals surface area contributed by atoms with Gasteiger partial charge < -0.3 is 11.1 Å². The van der Waals surface area contributed by atoms with Crippen molar-refractivity contribution >= 4 is 11.6 Å². The second kappa shape index (κ2) is 4.46. The minimum atomic E-state index is -0.541. The van der Waals surface area contributed by atoms with E-state index < -0.39 is 5.82 Å². The summed E-state index contributed by atoms with van der Waals surface area (Å²) < 4.78 is 13.5. The van der Waals surface area contributed by atoms with Gasteiger partial charge in [-0.25, -0.2) is 4.39 Å². The fraction of sp³-hybridized carbons (Fsp3) is 0.588. The number of hydrogen-bond donors (Lipinski definition) is 2. The zero-order valence-corrected chi connectivity index (χ0v) is 12.9. The predicted octanol–water partition coefficient (Wildman–Crippen LogP) is 3.35. The van der Waals surface area contributed by atoms with E-state index in [1.807, 2.05) is 0 Å². The Labute approximate surface area is 125 Å². The van der Waals surface area contributed by atoms with Gasteiger partial charge in [0.2, 0.25) is 0 Å². The number of nitrogens with two attached hydrogens (primary N) is 1. The van der Waals surface area contributed by atoms with Crippen molar-refractivity contribution in [1.82, 2.24) is 5.32 Å². The molecule has 2 aliphatic carbocycles. The molecule has 3 nitrogen and oxygen atoms in total. The Hall–Kier alpha value is -1.58. The number of anilines is 1. The van der Waals surface area contributed by atoms with Gasteiger partial charge in [-0.2, -0.15) is 0 Å². The summed E-state index contributed by atoms with van der Waals surface area (Å²) in [6.45, 7) is 6.73. The minimum absolute atomic E-state index is 0.0683. The van der Waals surface area contributed by atoms with Gasteiger partial charge in [-0.05, 0) is 54.2 Å². The average molecular weight is 290 g/mol. The zero-order chi connectivity index (χ0) is 15.4. The third kappa shape index (κ3) is 2.12. The van der Waals surface area contributed by atoms with Crippen LogP contribution in [0.5, 0.6) is 0 Å². The molecule has 0 spiro atoms. The van der Waals surface area contributed by atoms with Crippen LogP contribution in [-0.4, -0.2) is 11.9 Å². The summed E-state index contributed by atoms with van der Waals surface area (Å²) in [5, 5.41) is 3.16. The van der Waals surface area contributed by atoms with Gasteiger partial charge in [-0.15, -0.1) is 0 Å². The summed E-state index contributed by atoms with van der Waals surface area (Å²) in [7, 11) is 0. The molecule has 2 fully saturated rings. The largest absolute Gasteiger partial charge is 0.396 e. The lowest BCUT2D eigenvalue weighted by molar-refractivity contribution is 0.0737. The SMILES string of the molecule is CC12CCC(C1)C(C)(C)C2NC(=O)c1ccc(N)c(F)c1. The van der Waals surface area contributed by atoms with Crippen molar-refractivity contribution in [2.75, 3.05) is 5.73 Å². The molecule has 0 aliphatic heterocycles. The number of carbonyl (C=O) groups excluding carboxylic acids is 1. The van der Waals surface area contributed by atoms with Crippen molar-refractivity contribution in [3.63, 3.8) is 0 Å². The normalized spacial score (nSPS) is 33.1. The molecule has 1 amide bonds. The zero-order valence-electron chi connectivity index (χ0n) is 12.9. The smallest absolute Gasteiger partial charge is 0.251 e. The molecule has 3 unspecified atom stereocenters. The Morgan fingerprint density at radius 2 is 2.10 bits per heavy atom. The van der Waals surface area contributed by atoms with Crippen LogP contribution >= 0.6 is 0 Å². The third-order valence-electron chi connectivity index (χ3n) is 5.81. The number of rotatable bonds is 2.